The molecule has 5 N–H and O–H groups in total. The van der Waals surface area contributed by atoms with Crippen LogP contribution < -0.4 is 16.2 Å². The number of anilines is 2. The molecule has 0 aliphatic heterocycles. The van der Waals surface area contributed by atoms with Gasteiger partial charge in [-0.05, 0) is 70.1 Å². The molecule has 10 heteroatoms. The van der Waals surface area contributed by atoms with Crippen LogP contribution in [0.25, 0.3) is 32.1 Å². The average Bonchev–Trinajstić information content (AvgIpc) is 3.32. The van der Waals surface area contributed by atoms with Crippen LogP contribution >= 0.6 is 11.3 Å². The van der Waals surface area contributed by atoms with Gasteiger partial charge in [-0.3, -0.25) is 4.79 Å². The van der Waals surface area contributed by atoms with E-state index in [1.165, 1.54) is 23.5 Å². The summed E-state index contributed by atoms with van der Waals surface area (Å²) in [6, 6.07) is 15.2. The fourth-order valence-electron chi connectivity index (χ4n) is 4.39. The van der Waals surface area contributed by atoms with Crippen LogP contribution in [0.4, 0.5) is 24.5 Å². The SMILES string of the molecule is Nc1cc(N)cc(-c2ccc3c(CC(=O)O)cn(Cc4csc5ccc(OC(F)(F)F)cc45)c3c2)c1. The molecule has 0 aliphatic rings. The van der Waals surface area contributed by atoms with Gasteiger partial charge in [-0.2, -0.15) is 0 Å². The molecule has 6 nitrogen and oxygen atoms in total. The standard InChI is InChI=1S/C26H20F3N3O3S/c27-26(28,29)35-20-2-4-24-22(10-20)17(13-36-24)12-32-11-16(8-25(33)34)21-3-1-14(7-23(21)32)15-5-18(30)9-19(31)6-15/h1-7,9-11,13H,8,12,30-31H2,(H,33,34). The number of thiophene rings is 1. The number of carboxylic acid groups (broad SMARTS) is 1. The molecule has 2 heterocycles. The smallest absolute Gasteiger partial charge is 0.481 e. The van der Waals surface area contributed by atoms with E-state index in [-0.39, 0.29) is 12.2 Å². The molecule has 3 aromatic carbocycles. The zero-order chi connectivity index (χ0) is 25.6. The zero-order valence-electron chi connectivity index (χ0n) is 18.7. The third-order valence-corrected chi connectivity index (χ3v) is 6.83. The van der Waals surface area contributed by atoms with Gasteiger partial charge in [0, 0.05) is 45.1 Å². The predicted molar refractivity (Wildman–Crippen MR) is 135 cm³/mol. The van der Waals surface area contributed by atoms with E-state index >= 15 is 0 Å². The number of carbonyl (C=O) groups is 1. The lowest BCUT2D eigenvalue weighted by Crippen LogP contribution is -2.16. The third-order valence-electron chi connectivity index (χ3n) is 5.82. The van der Waals surface area contributed by atoms with E-state index in [9.17, 15) is 23.1 Å². The minimum atomic E-state index is -4.78. The molecule has 36 heavy (non-hydrogen) atoms. The Morgan fingerprint density at radius 2 is 1.69 bits per heavy atom. The Morgan fingerprint density at radius 1 is 0.944 bits per heavy atom. The van der Waals surface area contributed by atoms with Gasteiger partial charge in [0.15, 0.2) is 0 Å². The van der Waals surface area contributed by atoms with Gasteiger partial charge in [0.1, 0.15) is 5.75 Å². The summed E-state index contributed by atoms with van der Waals surface area (Å²) in [5.74, 6) is -1.25. The third kappa shape index (κ3) is 4.80. The highest BCUT2D eigenvalue weighted by Crippen LogP contribution is 2.35. The molecule has 0 aliphatic carbocycles. The van der Waals surface area contributed by atoms with Gasteiger partial charge in [-0.1, -0.05) is 12.1 Å². The Morgan fingerprint density at radius 3 is 2.39 bits per heavy atom. The van der Waals surface area contributed by atoms with Crippen molar-refractivity contribution in [3.05, 3.63) is 77.3 Å². The van der Waals surface area contributed by atoms with Gasteiger partial charge in [0.25, 0.3) is 0 Å². The van der Waals surface area contributed by atoms with Gasteiger partial charge >= 0.3 is 12.3 Å². The molecular weight excluding hydrogens is 491 g/mol. The second kappa shape index (κ2) is 8.80. The zero-order valence-corrected chi connectivity index (χ0v) is 19.5. The minimum absolute atomic E-state index is 0.165. The number of hydrogen-bond donors (Lipinski definition) is 3. The molecule has 0 unspecified atom stereocenters. The van der Waals surface area contributed by atoms with Crippen molar-refractivity contribution < 1.29 is 27.8 Å². The maximum atomic E-state index is 12.7. The maximum absolute atomic E-state index is 12.7. The molecule has 5 aromatic rings. The van der Waals surface area contributed by atoms with Gasteiger partial charge in [-0.25, -0.2) is 0 Å². The van der Waals surface area contributed by atoms with Crippen molar-refractivity contribution in [1.29, 1.82) is 0 Å². The first-order valence-electron chi connectivity index (χ1n) is 10.8. The number of nitrogen functional groups attached to an aromatic ring is 2. The molecule has 2 aromatic heterocycles. The molecule has 0 atom stereocenters. The average molecular weight is 512 g/mol. The number of rotatable bonds is 6. The Labute approximate surface area is 207 Å². The first-order valence-corrected chi connectivity index (χ1v) is 11.7. The molecule has 0 fully saturated rings. The van der Waals surface area contributed by atoms with E-state index in [2.05, 4.69) is 4.74 Å². The van der Waals surface area contributed by atoms with Gasteiger partial charge in [-0.15, -0.1) is 24.5 Å². The van der Waals surface area contributed by atoms with E-state index in [1.54, 1.807) is 30.5 Å². The quantitative estimate of drug-likeness (QED) is 0.234. The van der Waals surface area contributed by atoms with E-state index in [1.807, 2.05) is 28.1 Å². The van der Waals surface area contributed by atoms with Gasteiger partial charge < -0.3 is 25.9 Å². The summed E-state index contributed by atoms with van der Waals surface area (Å²) in [4.78, 5) is 11.5. The number of aromatic nitrogens is 1. The highest BCUT2D eigenvalue weighted by molar-refractivity contribution is 7.17. The van der Waals surface area contributed by atoms with E-state index < -0.39 is 12.3 Å². The van der Waals surface area contributed by atoms with Crippen LogP contribution in [-0.2, 0) is 17.8 Å². The lowest BCUT2D eigenvalue weighted by molar-refractivity contribution is -0.274. The Kier molecular flexibility index (Phi) is 5.76. The Bertz CT molecular complexity index is 1600. The van der Waals surface area contributed by atoms with Crippen molar-refractivity contribution in [2.24, 2.45) is 0 Å². The first kappa shape index (κ1) is 23.6. The van der Waals surface area contributed by atoms with Crippen LogP contribution in [0.15, 0.2) is 66.2 Å². The molecular formula is C26H20F3N3O3S. The van der Waals surface area contributed by atoms with E-state index in [0.717, 1.165) is 32.3 Å². The molecule has 0 bridgehead atoms. The Hall–Kier alpha value is -4.18. The molecule has 5 rings (SSSR count). The number of halogens is 3. The summed E-state index contributed by atoms with van der Waals surface area (Å²) < 4.78 is 45.0. The minimum Gasteiger partial charge on any atom is -0.481 e. The van der Waals surface area contributed by atoms with Crippen molar-refractivity contribution in [3.63, 3.8) is 0 Å². The van der Waals surface area contributed by atoms with Crippen LogP contribution in [0.5, 0.6) is 5.75 Å². The van der Waals surface area contributed by atoms with E-state index in [4.69, 9.17) is 11.5 Å². The fourth-order valence-corrected chi connectivity index (χ4v) is 5.32. The first-order chi connectivity index (χ1) is 17.1. The summed E-state index contributed by atoms with van der Waals surface area (Å²) in [5.41, 5.74) is 16.8. The number of fused-ring (bicyclic) bond motifs is 2. The molecule has 0 saturated heterocycles. The predicted octanol–water partition coefficient (Wildman–Crippen LogP) is 6.26. The maximum Gasteiger partial charge on any atom is 0.573 e. The summed E-state index contributed by atoms with van der Waals surface area (Å²) in [5, 5.41) is 12.7. The Balaban J connectivity index is 1.60. The lowest BCUT2D eigenvalue weighted by atomic mass is 10.0. The van der Waals surface area contributed by atoms with Gasteiger partial charge in [0.2, 0.25) is 0 Å². The van der Waals surface area contributed by atoms with Crippen molar-refractivity contribution in [2.75, 3.05) is 11.5 Å². The van der Waals surface area contributed by atoms with Crippen LogP contribution in [0.2, 0.25) is 0 Å². The van der Waals surface area contributed by atoms with Crippen molar-refractivity contribution in [1.82, 2.24) is 4.57 Å². The number of nitrogens with two attached hydrogens (primary N) is 2. The number of aliphatic carboxylic acids is 1. The second-order valence-corrected chi connectivity index (χ2v) is 9.35. The molecule has 0 saturated carbocycles. The molecule has 0 amide bonds. The second-order valence-electron chi connectivity index (χ2n) is 8.44. The van der Waals surface area contributed by atoms with E-state index in [0.29, 0.717) is 28.9 Å². The van der Waals surface area contributed by atoms with Crippen molar-refractivity contribution in [3.8, 4) is 16.9 Å². The monoisotopic (exact) mass is 511 g/mol. The molecule has 0 radical (unpaired) electrons. The fraction of sp³-hybridized carbons (Fsp3) is 0.115. The number of hydrogen-bond acceptors (Lipinski definition) is 5. The summed E-state index contributed by atoms with van der Waals surface area (Å²) in [6.45, 7) is 0.327. The van der Waals surface area contributed by atoms with Crippen molar-refractivity contribution >= 4 is 49.7 Å². The van der Waals surface area contributed by atoms with Crippen LogP contribution in [0, 0.1) is 0 Å². The van der Waals surface area contributed by atoms with Crippen LogP contribution in [-0.4, -0.2) is 22.0 Å². The highest BCUT2D eigenvalue weighted by atomic mass is 32.1. The number of ether oxygens (including phenoxy) is 1. The largest absolute Gasteiger partial charge is 0.573 e. The summed E-state index contributed by atoms with van der Waals surface area (Å²) in [7, 11) is 0. The number of carboxylic acids is 1. The number of alkyl halides is 3. The topological polar surface area (TPSA) is 104 Å². The summed E-state index contributed by atoms with van der Waals surface area (Å²) >= 11 is 1.41. The highest BCUT2D eigenvalue weighted by Gasteiger charge is 2.31. The van der Waals surface area contributed by atoms with Crippen LogP contribution in [0.3, 0.4) is 0 Å². The summed E-state index contributed by atoms with van der Waals surface area (Å²) in [6.07, 6.45) is -3.18. The van der Waals surface area contributed by atoms with Crippen LogP contribution in [0.1, 0.15) is 11.1 Å². The molecule has 184 valence electrons. The lowest BCUT2D eigenvalue weighted by Gasteiger charge is -2.10. The molecule has 0 spiro atoms. The number of benzene rings is 3. The van der Waals surface area contributed by atoms with Gasteiger partial charge in [0.05, 0.1) is 6.42 Å². The normalized spacial score (nSPS) is 11.9. The number of nitrogens with zero attached hydrogens (tertiary/aromatic N) is 1. The van der Waals surface area contributed by atoms with Crippen molar-refractivity contribution in [2.45, 2.75) is 19.3 Å².